The van der Waals surface area contributed by atoms with Gasteiger partial charge >= 0.3 is 0 Å². The molecule has 1 saturated heterocycles. The van der Waals surface area contributed by atoms with E-state index in [0.29, 0.717) is 55.7 Å². The zero-order chi connectivity index (χ0) is 30.5. The Kier molecular flexibility index (Phi) is 8.90. The molecule has 1 aliphatic rings. The molecule has 0 spiro atoms. The van der Waals surface area contributed by atoms with Crippen molar-refractivity contribution in [2.45, 2.75) is 26.9 Å². The summed E-state index contributed by atoms with van der Waals surface area (Å²) in [5.74, 6) is 2.13. The minimum Gasteiger partial charge on any atom is -0.493 e. The normalized spacial score (nSPS) is 13.8. The molecular formula is C34H35N3O5S. The maximum atomic E-state index is 12.0. The number of benzene rings is 4. The van der Waals surface area contributed by atoms with Gasteiger partial charge in [-0.25, -0.2) is 8.42 Å². The van der Waals surface area contributed by atoms with E-state index in [0.717, 1.165) is 34.4 Å². The summed E-state index contributed by atoms with van der Waals surface area (Å²) in [5, 5.41) is 9.40. The zero-order valence-corrected chi connectivity index (χ0v) is 25.4. The number of nitrogens with zero attached hydrogens (tertiary/aromatic N) is 2. The lowest BCUT2D eigenvalue weighted by Gasteiger charge is -2.37. The number of anilines is 2. The molecule has 4 aromatic carbocycles. The summed E-state index contributed by atoms with van der Waals surface area (Å²) in [6, 6.07) is 30.8. The maximum absolute atomic E-state index is 12.0. The van der Waals surface area contributed by atoms with Gasteiger partial charge < -0.3 is 19.1 Å². The van der Waals surface area contributed by atoms with Crippen LogP contribution in [0, 0.1) is 23.7 Å². The Bertz CT molecular complexity index is 1730. The van der Waals surface area contributed by atoms with Crippen molar-refractivity contribution >= 4 is 21.4 Å². The minimum atomic E-state index is -3.44. The third kappa shape index (κ3) is 8.07. The van der Waals surface area contributed by atoms with E-state index in [1.807, 2.05) is 85.8 Å². The van der Waals surface area contributed by atoms with Crippen LogP contribution < -0.4 is 19.1 Å². The number of sulfonamides is 1. The van der Waals surface area contributed by atoms with Crippen molar-refractivity contribution in [1.29, 1.82) is 5.26 Å². The second-order valence-corrected chi connectivity index (χ2v) is 13.1. The quantitative estimate of drug-likeness (QED) is 0.195. The highest BCUT2D eigenvalue weighted by molar-refractivity contribution is 7.92. The highest BCUT2D eigenvalue weighted by Crippen LogP contribution is 2.32. The van der Waals surface area contributed by atoms with Gasteiger partial charge in [-0.1, -0.05) is 43.3 Å². The monoisotopic (exact) mass is 597 g/mol. The van der Waals surface area contributed by atoms with Crippen LogP contribution in [0.2, 0.25) is 0 Å². The first-order valence-corrected chi connectivity index (χ1v) is 15.9. The van der Waals surface area contributed by atoms with Crippen molar-refractivity contribution in [3.63, 3.8) is 0 Å². The van der Waals surface area contributed by atoms with Crippen molar-refractivity contribution in [3.05, 3.63) is 113 Å². The molecule has 0 bridgehead atoms. The minimum absolute atomic E-state index is 0.0587. The maximum Gasteiger partial charge on any atom is 0.229 e. The van der Waals surface area contributed by atoms with Crippen LogP contribution in [0.25, 0.3) is 0 Å². The van der Waals surface area contributed by atoms with E-state index in [9.17, 15) is 13.7 Å². The Labute approximate surface area is 253 Å². The molecule has 0 atom stereocenters. The first-order valence-electron chi connectivity index (χ1n) is 14.0. The highest BCUT2D eigenvalue weighted by Gasteiger charge is 2.34. The van der Waals surface area contributed by atoms with Gasteiger partial charge in [-0.3, -0.25) is 4.72 Å². The molecule has 4 aromatic rings. The molecule has 43 heavy (non-hydrogen) atoms. The van der Waals surface area contributed by atoms with Gasteiger partial charge in [-0.2, -0.15) is 5.26 Å². The molecule has 0 aromatic heterocycles. The van der Waals surface area contributed by atoms with Crippen LogP contribution in [0.1, 0.15) is 29.2 Å². The zero-order valence-electron chi connectivity index (χ0n) is 24.5. The lowest BCUT2D eigenvalue weighted by Crippen LogP contribution is -2.44. The molecule has 0 unspecified atom stereocenters. The molecule has 1 N–H and O–H groups in total. The summed E-state index contributed by atoms with van der Waals surface area (Å²) in [7, 11) is -3.44. The van der Waals surface area contributed by atoms with E-state index < -0.39 is 10.0 Å². The Morgan fingerprint density at radius 2 is 1.60 bits per heavy atom. The van der Waals surface area contributed by atoms with E-state index in [2.05, 4.69) is 22.6 Å². The number of rotatable bonds is 12. The molecule has 222 valence electrons. The van der Waals surface area contributed by atoms with Crippen LogP contribution in [0.3, 0.4) is 0 Å². The van der Waals surface area contributed by atoms with E-state index >= 15 is 0 Å². The average molecular weight is 598 g/mol. The van der Waals surface area contributed by atoms with Crippen LogP contribution in [-0.4, -0.2) is 34.5 Å². The molecule has 9 heteroatoms. The van der Waals surface area contributed by atoms with Crippen molar-refractivity contribution in [1.82, 2.24) is 0 Å². The fourth-order valence-electron chi connectivity index (χ4n) is 4.90. The van der Waals surface area contributed by atoms with Crippen LogP contribution in [0.4, 0.5) is 11.4 Å². The second-order valence-electron chi connectivity index (χ2n) is 11.3. The molecule has 0 saturated carbocycles. The Morgan fingerprint density at radius 3 is 2.30 bits per heavy atom. The molecule has 0 radical (unpaired) electrons. The molecule has 8 nitrogen and oxygen atoms in total. The molecular weight excluding hydrogens is 562 g/mol. The largest absolute Gasteiger partial charge is 0.493 e. The summed E-state index contributed by atoms with van der Waals surface area (Å²) in [6.07, 6.45) is 1.14. The van der Waals surface area contributed by atoms with Crippen molar-refractivity contribution in [3.8, 4) is 23.3 Å². The lowest BCUT2D eigenvalue weighted by molar-refractivity contribution is -0.120. The number of hydrogen-bond donors (Lipinski definition) is 1. The van der Waals surface area contributed by atoms with Crippen LogP contribution in [0.5, 0.6) is 17.2 Å². The SMILES string of the molecule is Cc1c(NS(C)(=O)=O)cccc1N(Cc1ccc(Oc2cccc(OCC3(C)COC3)c2)cc1)Cc1cccc(C#N)c1. The molecule has 0 amide bonds. The van der Waals surface area contributed by atoms with Gasteiger partial charge in [0.25, 0.3) is 0 Å². The fourth-order valence-corrected chi connectivity index (χ4v) is 5.52. The van der Waals surface area contributed by atoms with Gasteiger partial charge in [0, 0.05) is 30.3 Å². The summed E-state index contributed by atoms with van der Waals surface area (Å²) in [6.45, 7) is 7.13. The van der Waals surface area contributed by atoms with E-state index in [1.165, 1.54) is 0 Å². The Hall–Kier alpha value is -4.52. The topological polar surface area (TPSA) is 101 Å². The molecule has 5 rings (SSSR count). The van der Waals surface area contributed by atoms with E-state index in [-0.39, 0.29) is 5.41 Å². The first-order chi connectivity index (χ1) is 20.6. The van der Waals surface area contributed by atoms with Crippen LogP contribution >= 0.6 is 0 Å². The smallest absolute Gasteiger partial charge is 0.229 e. The molecule has 1 aliphatic heterocycles. The van der Waals surface area contributed by atoms with Gasteiger partial charge in [0.2, 0.25) is 10.0 Å². The highest BCUT2D eigenvalue weighted by atomic mass is 32.2. The van der Waals surface area contributed by atoms with Gasteiger partial charge in [0.1, 0.15) is 17.2 Å². The van der Waals surface area contributed by atoms with Gasteiger partial charge in [0.15, 0.2) is 0 Å². The third-order valence-electron chi connectivity index (χ3n) is 7.20. The summed E-state index contributed by atoms with van der Waals surface area (Å²) >= 11 is 0. The molecule has 0 aliphatic carbocycles. The van der Waals surface area contributed by atoms with Crippen molar-refractivity contribution in [2.24, 2.45) is 5.41 Å². The summed E-state index contributed by atoms with van der Waals surface area (Å²) < 4.78 is 44.0. The number of nitriles is 1. The lowest BCUT2D eigenvalue weighted by atomic mass is 9.90. The van der Waals surface area contributed by atoms with E-state index in [1.54, 1.807) is 12.1 Å². The Balaban J connectivity index is 1.34. The standard InChI is InChI=1S/C34H35N3O5S/c1-25-32(36-43(3,38)39)11-6-12-33(25)37(21-28-8-4-7-27(17-28)19-35)20-26-13-15-29(16-14-26)42-31-10-5-9-30(18-31)41-24-34(2)22-40-23-34/h4-18,36H,20-24H2,1-3H3. The van der Waals surface area contributed by atoms with Gasteiger partial charge in [-0.15, -0.1) is 0 Å². The van der Waals surface area contributed by atoms with E-state index in [4.69, 9.17) is 14.2 Å². The van der Waals surface area contributed by atoms with Crippen molar-refractivity contribution in [2.75, 3.05) is 35.7 Å². The predicted molar refractivity (Wildman–Crippen MR) is 168 cm³/mol. The van der Waals surface area contributed by atoms with Crippen molar-refractivity contribution < 1.29 is 22.6 Å². The second kappa shape index (κ2) is 12.8. The Morgan fingerprint density at radius 1 is 0.907 bits per heavy atom. The average Bonchev–Trinajstić information content (AvgIpc) is 2.96. The number of nitrogens with one attached hydrogen (secondary N) is 1. The van der Waals surface area contributed by atoms with Gasteiger partial charge in [0.05, 0.1) is 43.4 Å². The third-order valence-corrected chi connectivity index (χ3v) is 7.79. The fraction of sp³-hybridized carbons (Fsp3) is 0.265. The summed E-state index contributed by atoms with van der Waals surface area (Å²) in [4.78, 5) is 2.17. The molecule has 1 fully saturated rings. The number of hydrogen-bond acceptors (Lipinski definition) is 7. The van der Waals surface area contributed by atoms with Gasteiger partial charge in [-0.05, 0) is 72.1 Å². The summed E-state index contributed by atoms with van der Waals surface area (Å²) in [5.41, 5.74) is 4.88. The van der Waals surface area contributed by atoms with Crippen LogP contribution in [-0.2, 0) is 27.8 Å². The number of ether oxygens (including phenoxy) is 3. The van der Waals surface area contributed by atoms with Crippen LogP contribution in [0.15, 0.2) is 91.0 Å². The molecule has 1 heterocycles. The predicted octanol–water partition coefficient (Wildman–Crippen LogP) is 6.65. The first kappa shape index (κ1) is 30.0.